The Morgan fingerprint density at radius 1 is 1.35 bits per heavy atom. The molecular weight excluding hydrogens is 236 g/mol. The van der Waals surface area contributed by atoms with Crippen LogP contribution >= 0.6 is 11.6 Å². The second-order valence-electron chi connectivity index (χ2n) is 3.76. The molecule has 1 aromatic carbocycles. The lowest BCUT2D eigenvalue weighted by molar-refractivity contribution is 0.872. The van der Waals surface area contributed by atoms with Gasteiger partial charge >= 0.3 is 0 Å². The first-order chi connectivity index (χ1) is 8.15. The molecule has 1 atom stereocenters. The van der Waals surface area contributed by atoms with Crippen LogP contribution in [0, 0.1) is 0 Å². The number of aromatic nitrogens is 2. The molecule has 3 N–H and O–H groups in total. The van der Waals surface area contributed by atoms with Crippen LogP contribution in [-0.4, -0.2) is 9.97 Å². The van der Waals surface area contributed by atoms with Crippen LogP contribution in [0.25, 0.3) is 0 Å². The average Bonchev–Trinajstić information content (AvgIpc) is 2.29. The summed E-state index contributed by atoms with van der Waals surface area (Å²) < 4.78 is 0. The van der Waals surface area contributed by atoms with Crippen molar-refractivity contribution in [3.63, 3.8) is 0 Å². The molecular formula is C12H13ClN4. The van der Waals surface area contributed by atoms with E-state index < -0.39 is 0 Å². The third-order valence-corrected chi connectivity index (χ3v) is 2.56. The Balaban J connectivity index is 2.14. The number of nitrogens with two attached hydrogens (primary N) is 1. The van der Waals surface area contributed by atoms with Gasteiger partial charge in [-0.25, -0.2) is 4.98 Å². The van der Waals surface area contributed by atoms with Crippen LogP contribution in [0.1, 0.15) is 18.5 Å². The third kappa shape index (κ3) is 3.07. The van der Waals surface area contributed by atoms with Gasteiger partial charge in [0.25, 0.3) is 0 Å². The van der Waals surface area contributed by atoms with Gasteiger partial charge in [0.1, 0.15) is 11.0 Å². The van der Waals surface area contributed by atoms with E-state index in [4.69, 9.17) is 17.3 Å². The summed E-state index contributed by atoms with van der Waals surface area (Å²) in [5.41, 5.74) is 7.57. The highest BCUT2D eigenvalue weighted by Gasteiger charge is 2.06. The molecule has 0 aliphatic carbocycles. The molecule has 1 unspecified atom stereocenters. The van der Waals surface area contributed by atoms with Crippen LogP contribution in [0.3, 0.4) is 0 Å². The van der Waals surface area contributed by atoms with Gasteiger partial charge in [0, 0.05) is 5.69 Å². The molecule has 2 rings (SSSR count). The first-order valence-corrected chi connectivity index (χ1v) is 5.62. The number of benzene rings is 1. The maximum Gasteiger partial charge on any atom is 0.149 e. The Kier molecular flexibility index (Phi) is 3.44. The molecule has 0 radical (unpaired) electrons. The molecule has 1 aromatic heterocycles. The molecule has 5 heteroatoms. The van der Waals surface area contributed by atoms with Crippen molar-refractivity contribution in [3.8, 4) is 0 Å². The molecule has 2 aromatic rings. The number of rotatable bonds is 3. The Morgan fingerprint density at radius 3 is 2.88 bits per heavy atom. The van der Waals surface area contributed by atoms with Crippen molar-refractivity contribution >= 4 is 23.1 Å². The molecule has 0 fully saturated rings. The summed E-state index contributed by atoms with van der Waals surface area (Å²) in [6.07, 6.45) is 3.13. The van der Waals surface area contributed by atoms with Crippen molar-refractivity contribution in [1.29, 1.82) is 0 Å². The van der Waals surface area contributed by atoms with Gasteiger partial charge in [-0.2, -0.15) is 0 Å². The lowest BCUT2D eigenvalue weighted by Gasteiger charge is -2.15. The van der Waals surface area contributed by atoms with Gasteiger partial charge in [-0.15, -0.1) is 0 Å². The number of hydrogen-bond acceptors (Lipinski definition) is 4. The summed E-state index contributed by atoms with van der Waals surface area (Å²) in [4.78, 5) is 8.09. The maximum atomic E-state index is 5.77. The molecule has 4 nitrogen and oxygen atoms in total. The number of nitrogens with zero attached hydrogens (tertiary/aromatic N) is 2. The fraction of sp³-hybridized carbons (Fsp3) is 0.167. The van der Waals surface area contributed by atoms with E-state index in [0.29, 0.717) is 11.0 Å². The fourth-order valence-corrected chi connectivity index (χ4v) is 1.69. The van der Waals surface area contributed by atoms with Crippen molar-refractivity contribution in [2.24, 2.45) is 0 Å². The molecule has 0 bridgehead atoms. The first-order valence-electron chi connectivity index (χ1n) is 5.24. The summed E-state index contributed by atoms with van der Waals surface area (Å²) in [6, 6.07) is 7.80. The molecule has 17 heavy (non-hydrogen) atoms. The second-order valence-corrected chi connectivity index (χ2v) is 4.15. The van der Waals surface area contributed by atoms with Crippen molar-refractivity contribution in [2.75, 3.05) is 11.1 Å². The molecule has 1 heterocycles. The largest absolute Gasteiger partial charge is 0.399 e. The Labute approximate surface area is 105 Å². The number of nitrogens with one attached hydrogen (secondary N) is 1. The topological polar surface area (TPSA) is 63.8 Å². The number of anilines is 2. The number of halogens is 1. The molecule has 0 aliphatic rings. The summed E-state index contributed by atoms with van der Waals surface area (Å²) in [5, 5.41) is 3.58. The highest BCUT2D eigenvalue weighted by molar-refractivity contribution is 6.29. The SMILES string of the molecule is CC(Nc1cncc(Cl)n1)c1cccc(N)c1. The molecule has 0 amide bonds. The van der Waals surface area contributed by atoms with Crippen LogP contribution in [0.2, 0.25) is 5.15 Å². The summed E-state index contributed by atoms with van der Waals surface area (Å²) in [6.45, 7) is 2.03. The molecule has 0 aliphatic heterocycles. The van der Waals surface area contributed by atoms with E-state index in [1.807, 2.05) is 31.2 Å². The maximum absolute atomic E-state index is 5.77. The van der Waals surface area contributed by atoms with Gasteiger partial charge in [-0.05, 0) is 24.6 Å². The minimum Gasteiger partial charge on any atom is -0.399 e. The van der Waals surface area contributed by atoms with Gasteiger partial charge in [0.2, 0.25) is 0 Å². The summed E-state index contributed by atoms with van der Waals surface area (Å²) in [5.74, 6) is 0.646. The van der Waals surface area contributed by atoms with Crippen LogP contribution < -0.4 is 11.1 Å². The Morgan fingerprint density at radius 2 is 2.18 bits per heavy atom. The van der Waals surface area contributed by atoms with Gasteiger partial charge in [-0.3, -0.25) is 4.98 Å². The molecule has 88 valence electrons. The quantitative estimate of drug-likeness (QED) is 0.820. The summed E-state index contributed by atoms with van der Waals surface area (Å²) >= 11 is 5.77. The molecule has 0 saturated heterocycles. The van der Waals surface area contributed by atoms with E-state index in [1.54, 1.807) is 6.20 Å². The van der Waals surface area contributed by atoms with Crippen molar-refractivity contribution in [2.45, 2.75) is 13.0 Å². The zero-order chi connectivity index (χ0) is 12.3. The number of nitrogen functional groups attached to an aromatic ring is 1. The zero-order valence-corrected chi connectivity index (χ0v) is 10.1. The highest BCUT2D eigenvalue weighted by Crippen LogP contribution is 2.19. The van der Waals surface area contributed by atoms with Crippen molar-refractivity contribution in [1.82, 2.24) is 9.97 Å². The third-order valence-electron chi connectivity index (χ3n) is 2.38. The Bertz CT molecular complexity index is 515. The van der Waals surface area contributed by atoms with Crippen LogP contribution in [-0.2, 0) is 0 Å². The van der Waals surface area contributed by atoms with E-state index in [9.17, 15) is 0 Å². The van der Waals surface area contributed by atoms with E-state index >= 15 is 0 Å². The minimum atomic E-state index is 0.0891. The van der Waals surface area contributed by atoms with Gasteiger partial charge in [0.15, 0.2) is 0 Å². The van der Waals surface area contributed by atoms with Crippen molar-refractivity contribution < 1.29 is 0 Å². The lowest BCUT2D eigenvalue weighted by Crippen LogP contribution is -2.08. The van der Waals surface area contributed by atoms with Crippen LogP contribution in [0.15, 0.2) is 36.7 Å². The van der Waals surface area contributed by atoms with Gasteiger partial charge in [-0.1, -0.05) is 23.7 Å². The molecule has 0 spiro atoms. The van der Waals surface area contributed by atoms with E-state index in [0.717, 1.165) is 11.3 Å². The average molecular weight is 249 g/mol. The summed E-state index contributed by atoms with van der Waals surface area (Å²) in [7, 11) is 0. The van der Waals surface area contributed by atoms with Gasteiger partial charge in [0.05, 0.1) is 18.4 Å². The standard InChI is InChI=1S/C12H13ClN4/c1-8(9-3-2-4-10(14)5-9)16-12-7-15-6-11(13)17-12/h2-8H,14H2,1H3,(H,16,17). The lowest BCUT2D eigenvalue weighted by atomic mass is 10.1. The van der Waals surface area contributed by atoms with Crippen molar-refractivity contribution in [3.05, 3.63) is 47.4 Å². The normalized spacial score (nSPS) is 12.1. The van der Waals surface area contributed by atoms with E-state index in [1.165, 1.54) is 6.20 Å². The van der Waals surface area contributed by atoms with Crippen LogP contribution in [0.4, 0.5) is 11.5 Å². The van der Waals surface area contributed by atoms with Gasteiger partial charge < -0.3 is 11.1 Å². The predicted molar refractivity (Wildman–Crippen MR) is 69.9 cm³/mol. The monoisotopic (exact) mass is 248 g/mol. The number of hydrogen-bond donors (Lipinski definition) is 2. The smallest absolute Gasteiger partial charge is 0.149 e. The van der Waals surface area contributed by atoms with E-state index in [2.05, 4.69) is 15.3 Å². The predicted octanol–water partition coefficient (Wildman–Crippen LogP) is 2.89. The minimum absolute atomic E-state index is 0.0891. The fourth-order valence-electron chi connectivity index (χ4n) is 1.55. The zero-order valence-electron chi connectivity index (χ0n) is 9.39. The highest BCUT2D eigenvalue weighted by atomic mass is 35.5. The first kappa shape index (κ1) is 11.7. The Hall–Kier alpha value is -1.81. The van der Waals surface area contributed by atoms with Crippen LogP contribution in [0.5, 0.6) is 0 Å². The molecule has 0 saturated carbocycles. The van der Waals surface area contributed by atoms with E-state index in [-0.39, 0.29) is 6.04 Å². The second kappa shape index (κ2) is 5.01.